The van der Waals surface area contributed by atoms with E-state index in [4.69, 9.17) is 9.47 Å². The lowest BCUT2D eigenvalue weighted by Crippen LogP contribution is -2.57. The summed E-state index contributed by atoms with van der Waals surface area (Å²) < 4.78 is 30.9. The molecule has 4 rings (SSSR count). The van der Waals surface area contributed by atoms with E-state index in [0.717, 1.165) is 24.8 Å². The third-order valence-corrected chi connectivity index (χ3v) is 6.56. The van der Waals surface area contributed by atoms with Crippen LogP contribution < -0.4 is 14.2 Å². The summed E-state index contributed by atoms with van der Waals surface area (Å²) in [6, 6.07) is 10.2. The van der Waals surface area contributed by atoms with E-state index in [1.54, 1.807) is 49.3 Å². The Balaban J connectivity index is 1.61. The Kier molecular flexibility index (Phi) is 6.40. The molecule has 0 unspecified atom stereocenters. The first-order valence-corrected chi connectivity index (χ1v) is 11.4. The summed E-state index contributed by atoms with van der Waals surface area (Å²) >= 11 is 1.27. The number of ether oxygens (including phenoxy) is 2. The van der Waals surface area contributed by atoms with E-state index in [2.05, 4.69) is 4.72 Å². The summed E-state index contributed by atoms with van der Waals surface area (Å²) in [6.07, 6.45) is 1.39. The highest BCUT2D eigenvalue weighted by Gasteiger charge is 2.51. The predicted octanol–water partition coefficient (Wildman–Crippen LogP) is 4.82. The van der Waals surface area contributed by atoms with Gasteiger partial charge in [0, 0.05) is 43.4 Å². The van der Waals surface area contributed by atoms with Crippen LogP contribution in [0.1, 0.15) is 30.4 Å². The SMILES string of the molecule is CN(C)SNc1cccc(CN2C(=O)Oc3cc(OC(=O)N(C)C)ccc3C23CCC3)c1F. The number of anilines is 1. The Bertz CT molecular complexity index is 1070. The normalized spacial score (nSPS) is 16.2. The summed E-state index contributed by atoms with van der Waals surface area (Å²) in [7, 11) is 6.89. The van der Waals surface area contributed by atoms with Gasteiger partial charge in [-0.3, -0.25) is 4.90 Å². The Labute approximate surface area is 196 Å². The summed E-state index contributed by atoms with van der Waals surface area (Å²) in [5, 5.41) is 0. The van der Waals surface area contributed by atoms with Crippen LogP contribution in [0.2, 0.25) is 0 Å². The lowest BCUT2D eigenvalue weighted by atomic mass is 9.69. The summed E-state index contributed by atoms with van der Waals surface area (Å²) in [5.41, 5.74) is 1.04. The first-order chi connectivity index (χ1) is 15.7. The molecule has 1 saturated carbocycles. The van der Waals surface area contributed by atoms with Crippen LogP contribution in [0.4, 0.5) is 19.7 Å². The van der Waals surface area contributed by atoms with Gasteiger partial charge in [-0.1, -0.05) is 12.1 Å². The standard InChI is InChI=1S/C23H27FN4O4S/c1-26(2)21(29)31-16-9-10-17-19(13-16)32-22(30)28(23(17)11-6-12-23)14-15-7-5-8-18(20(15)24)25-33-27(3)4/h5,7-10,13,25H,6,11-12,14H2,1-4H3. The average molecular weight is 475 g/mol. The largest absolute Gasteiger partial charge is 0.416 e. The van der Waals surface area contributed by atoms with E-state index in [1.165, 1.54) is 17.0 Å². The van der Waals surface area contributed by atoms with Gasteiger partial charge in [0.1, 0.15) is 11.5 Å². The molecule has 1 N–H and O–H groups in total. The monoisotopic (exact) mass is 474 g/mol. The highest BCUT2D eigenvalue weighted by molar-refractivity contribution is 7.98. The van der Waals surface area contributed by atoms with Crippen LogP contribution in [-0.4, -0.2) is 54.5 Å². The number of carbonyl (C=O) groups is 2. The molecule has 0 radical (unpaired) electrons. The fraction of sp³-hybridized carbons (Fsp3) is 0.391. The Morgan fingerprint density at radius 3 is 2.64 bits per heavy atom. The number of amides is 2. The van der Waals surface area contributed by atoms with Gasteiger partial charge in [-0.2, -0.15) is 0 Å². The highest BCUT2D eigenvalue weighted by Crippen LogP contribution is 2.53. The van der Waals surface area contributed by atoms with Crippen LogP contribution in [0.3, 0.4) is 0 Å². The third kappa shape index (κ3) is 4.45. The van der Waals surface area contributed by atoms with Gasteiger partial charge in [-0.15, -0.1) is 0 Å². The minimum absolute atomic E-state index is 0.0869. The maximum absolute atomic E-state index is 15.2. The summed E-state index contributed by atoms with van der Waals surface area (Å²) in [5.74, 6) is 0.274. The Hall–Kier alpha value is -2.98. The lowest BCUT2D eigenvalue weighted by molar-refractivity contribution is 0.00114. The first kappa shape index (κ1) is 23.2. The Morgan fingerprint density at radius 1 is 1.24 bits per heavy atom. The molecule has 33 heavy (non-hydrogen) atoms. The zero-order valence-corrected chi connectivity index (χ0v) is 19.9. The van der Waals surface area contributed by atoms with Crippen molar-refractivity contribution < 1.29 is 23.5 Å². The molecule has 1 spiro atoms. The van der Waals surface area contributed by atoms with Crippen molar-refractivity contribution in [2.75, 3.05) is 32.9 Å². The second kappa shape index (κ2) is 9.11. The molecule has 2 aliphatic rings. The third-order valence-electron chi connectivity index (χ3n) is 5.89. The molecular formula is C23H27FN4O4S. The van der Waals surface area contributed by atoms with Crippen LogP contribution in [0.25, 0.3) is 0 Å². The number of hydrogen-bond donors (Lipinski definition) is 1. The van der Waals surface area contributed by atoms with E-state index in [9.17, 15) is 9.59 Å². The first-order valence-electron chi connectivity index (χ1n) is 10.6. The van der Waals surface area contributed by atoms with Crippen molar-refractivity contribution in [3.8, 4) is 11.5 Å². The topological polar surface area (TPSA) is 74.4 Å². The quantitative estimate of drug-likeness (QED) is 0.602. The van der Waals surface area contributed by atoms with E-state index >= 15 is 4.39 Å². The molecule has 1 aliphatic heterocycles. The summed E-state index contributed by atoms with van der Waals surface area (Å²) in [6.45, 7) is 0.0869. The number of benzene rings is 2. The van der Waals surface area contributed by atoms with Gasteiger partial charge in [-0.25, -0.2) is 18.3 Å². The van der Waals surface area contributed by atoms with Gasteiger partial charge in [0.25, 0.3) is 0 Å². The highest BCUT2D eigenvalue weighted by atomic mass is 32.2. The van der Waals surface area contributed by atoms with Gasteiger partial charge in [0.15, 0.2) is 5.82 Å². The molecule has 2 amide bonds. The van der Waals surface area contributed by atoms with Crippen molar-refractivity contribution in [3.05, 3.63) is 53.3 Å². The average Bonchev–Trinajstić information content (AvgIpc) is 2.73. The minimum atomic E-state index is -0.566. The van der Waals surface area contributed by atoms with Crippen molar-refractivity contribution in [2.24, 2.45) is 0 Å². The number of nitrogens with zero attached hydrogens (tertiary/aromatic N) is 3. The zero-order chi connectivity index (χ0) is 23.8. The molecule has 1 heterocycles. The molecule has 0 bridgehead atoms. The van der Waals surface area contributed by atoms with Crippen LogP contribution in [0, 0.1) is 5.82 Å². The molecule has 1 fully saturated rings. The number of halogens is 1. The molecule has 10 heteroatoms. The molecular weight excluding hydrogens is 447 g/mol. The van der Waals surface area contributed by atoms with Crippen molar-refractivity contribution in [2.45, 2.75) is 31.3 Å². The van der Waals surface area contributed by atoms with Crippen molar-refractivity contribution in [1.29, 1.82) is 0 Å². The van der Waals surface area contributed by atoms with Crippen LogP contribution in [0.15, 0.2) is 36.4 Å². The number of fused-ring (bicyclic) bond motifs is 2. The zero-order valence-electron chi connectivity index (χ0n) is 19.1. The van der Waals surface area contributed by atoms with Gasteiger partial charge in [-0.05, 0) is 51.6 Å². The van der Waals surface area contributed by atoms with E-state index in [1.807, 2.05) is 24.5 Å². The van der Waals surface area contributed by atoms with Gasteiger partial charge in [0.05, 0.1) is 17.8 Å². The fourth-order valence-corrected chi connectivity index (χ4v) is 4.49. The Morgan fingerprint density at radius 2 is 2.00 bits per heavy atom. The van der Waals surface area contributed by atoms with Crippen LogP contribution >= 0.6 is 12.1 Å². The lowest BCUT2D eigenvalue weighted by Gasteiger charge is -2.52. The van der Waals surface area contributed by atoms with E-state index < -0.39 is 23.5 Å². The van der Waals surface area contributed by atoms with E-state index in [0.29, 0.717) is 22.7 Å². The second-order valence-electron chi connectivity index (χ2n) is 8.54. The number of nitrogens with one attached hydrogen (secondary N) is 1. The van der Waals surface area contributed by atoms with Crippen molar-refractivity contribution in [1.82, 2.24) is 14.1 Å². The maximum Gasteiger partial charge on any atom is 0.416 e. The predicted molar refractivity (Wildman–Crippen MR) is 125 cm³/mol. The second-order valence-corrected chi connectivity index (χ2v) is 9.66. The maximum atomic E-state index is 15.2. The van der Waals surface area contributed by atoms with Crippen molar-refractivity contribution in [3.63, 3.8) is 0 Å². The van der Waals surface area contributed by atoms with Crippen LogP contribution in [-0.2, 0) is 12.1 Å². The number of hydrogen-bond acceptors (Lipinski definition) is 7. The fourth-order valence-electron chi connectivity index (χ4n) is 4.05. The molecule has 8 nitrogen and oxygen atoms in total. The van der Waals surface area contributed by atoms with E-state index in [-0.39, 0.29) is 6.54 Å². The number of rotatable bonds is 6. The summed E-state index contributed by atoms with van der Waals surface area (Å²) in [4.78, 5) is 27.9. The molecule has 0 atom stereocenters. The number of carbonyl (C=O) groups excluding carboxylic acids is 2. The molecule has 2 aromatic carbocycles. The molecule has 176 valence electrons. The molecule has 2 aromatic rings. The molecule has 0 aromatic heterocycles. The van der Waals surface area contributed by atoms with Crippen LogP contribution in [0.5, 0.6) is 11.5 Å². The minimum Gasteiger partial charge on any atom is -0.410 e. The van der Waals surface area contributed by atoms with Crippen molar-refractivity contribution >= 4 is 30.0 Å². The smallest absolute Gasteiger partial charge is 0.410 e. The van der Waals surface area contributed by atoms with Gasteiger partial charge < -0.3 is 19.1 Å². The van der Waals surface area contributed by atoms with Gasteiger partial charge in [0.2, 0.25) is 0 Å². The molecule has 1 aliphatic carbocycles. The molecule has 0 saturated heterocycles. The van der Waals surface area contributed by atoms with Gasteiger partial charge >= 0.3 is 12.2 Å².